The van der Waals surface area contributed by atoms with Gasteiger partial charge in [-0.25, -0.2) is 13.1 Å². The van der Waals surface area contributed by atoms with Crippen LogP contribution in [0, 0.1) is 5.92 Å². The van der Waals surface area contributed by atoms with Crippen LogP contribution in [0.3, 0.4) is 0 Å². The van der Waals surface area contributed by atoms with Crippen LogP contribution in [0.1, 0.15) is 5.56 Å². The molecule has 0 spiro atoms. The number of carbonyl (C=O) groups excluding carboxylic acids is 1. The van der Waals surface area contributed by atoms with Gasteiger partial charge in [0.15, 0.2) is 0 Å². The molecule has 1 amide bonds. The lowest BCUT2D eigenvalue weighted by molar-refractivity contribution is -0.124. The number of carbonyl (C=O) groups is 1. The summed E-state index contributed by atoms with van der Waals surface area (Å²) < 4.78 is 38.1. The smallest absolute Gasteiger partial charge is 0.273 e. The molecule has 2 aromatic rings. The van der Waals surface area contributed by atoms with E-state index in [1.807, 2.05) is 6.07 Å². The molecule has 1 aliphatic rings. The molecular weight excluding hydrogens is 418 g/mol. The molecule has 9 heteroatoms. The quantitative estimate of drug-likeness (QED) is 0.804. The minimum atomic E-state index is -3.86. The Kier molecular flexibility index (Phi) is 4.84. The zero-order valence-corrected chi connectivity index (χ0v) is 15.8. The van der Waals surface area contributed by atoms with Crippen molar-refractivity contribution in [1.82, 2.24) is 4.72 Å². The SMILES string of the molecule is COc1ccc2c(c1)OCC(C(=O)NS(=O)(=O)c1ccc(Br)s1)C2. The van der Waals surface area contributed by atoms with Crippen LogP contribution in [-0.2, 0) is 21.2 Å². The van der Waals surface area contributed by atoms with Gasteiger partial charge < -0.3 is 9.47 Å². The third-order valence-corrected chi connectivity index (χ3v) is 7.06. The van der Waals surface area contributed by atoms with Gasteiger partial charge in [-0.15, -0.1) is 11.3 Å². The Morgan fingerprint density at radius 3 is 2.83 bits per heavy atom. The number of thiophene rings is 1. The van der Waals surface area contributed by atoms with E-state index in [1.165, 1.54) is 6.07 Å². The molecule has 3 rings (SSSR count). The molecule has 24 heavy (non-hydrogen) atoms. The number of fused-ring (bicyclic) bond motifs is 1. The van der Waals surface area contributed by atoms with Crippen molar-refractivity contribution in [2.45, 2.75) is 10.6 Å². The zero-order valence-electron chi connectivity index (χ0n) is 12.6. The number of hydrogen-bond acceptors (Lipinski definition) is 6. The summed E-state index contributed by atoms with van der Waals surface area (Å²) in [6, 6.07) is 8.42. The maximum Gasteiger partial charge on any atom is 0.273 e. The van der Waals surface area contributed by atoms with E-state index in [0.717, 1.165) is 16.9 Å². The Balaban J connectivity index is 1.72. The van der Waals surface area contributed by atoms with Gasteiger partial charge in [-0.2, -0.15) is 0 Å². The molecule has 1 aromatic heterocycles. The standard InChI is InChI=1S/C15H14BrNO5S2/c1-21-11-3-2-9-6-10(8-22-12(9)7-11)15(18)17-24(19,20)14-5-4-13(16)23-14/h2-5,7,10H,6,8H2,1H3,(H,17,18). The summed E-state index contributed by atoms with van der Waals surface area (Å²) in [5.74, 6) is 0.191. The highest BCUT2D eigenvalue weighted by Gasteiger charge is 2.30. The minimum Gasteiger partial charge on any atom is -0.497 e. The van der Waals surface area contributed by atoms with Gasteiger partial charge in [0.05, 0.1) is 16.8 Å². The third kappa shape index (κ3) is 3.57. The van der Waals surface area contributed by atoms with Gasteiger partial charge in [0.1, 0.15) is 22.3 Å². The topological polar surface area (TPSA) is 81.7 Å². The van der Waals surface area contributed by atoms with Crippen molar-refractivity contribution >= 4 is 43.2 Å². The first-order chi connectivity index (χ1) is 11.4. The van der Waals surface area contributed by atoms with Gasteiger partial charge in [-0.3, -0.25) is 4.79 Å². The van der Waals surface area contributed by atoms with Gasteiger partial charge in [0.25, 0.3) is 10.0 Å². The highest BCUT2D eigenvalue weighted by molar-refractivity contribution is 9.11. The monoisotopic (exact) mass is 431 g/mol. The number of halogens is 1. The van der Waals surface area contributed by atoms with Crippen LogP contribution < -0.4 is 14.2 Å². The average Bonchev–Trinajstić information content (AvgIpc) is 3.01. The number of sulfonamides is 1. The molecule has 2 heterocycles. The molecule has 0 bridgehead atoms. The lowest BCUT2D eigenvalue weighted by Crippen LogP contribution is -2.40. The lowest BCUT2D eigenvalue weighted by atomic mass is 9.96. The molecule has 6 nitrogen and oxygen atoms in total. The summed E-state index contributed by atoms with van der Waals surface area (Å²) in [4.78, 5) is 12.3. The van der Waals surface area contributed by atoms with E-state index in [1.54, 1.807) is 25.3 Å². The number of nitrogens with one attached hydrogen (secondary N) is 1. The first kappa shape index (κ1) is 17.2. The van der Waals surface area contributed by atoms with Crippen LogP contribution in [0.2, 0.25) is 0 Å². The Morgan fingerprint density at radius 1 is 1.38 bits per heavy atom. The predicted molar refractivity (Wildman–Crippen MR) is 93.0 cm³/mol. The zero-order chi connectivity index (χ0) is 17.3. The summed E-state index contributed by atoms with van der Waals surface area (Å²) in [5, 5.41) is 0. The van der Waals surface area contributed by atoms with Crippen molar-refractivity contribution in [2.75, 3.05) is 13.7 Å². The molecule has 1 aromatic carbocycles. The molecule has 0 fully saturated rings. The molecule has 128 valence electrons. The molecule has 1 unspecified atom stereocenters. The summed E-state index contributed by atoms with van der Waals surface area (Å²) >= 11 is 4.25. The van der Waals surface area contributed by atoms with E-state index in [-0.39, 0.29) is 10.8 Å². The fraction of sp³-hybridized carbons (Fsp3) is 0.267. The number of amides is 1. The molecule has 0 radical (unpaired) electrons. The van der Waals surface area contributed by atoms with Gasteiger partial charge >= 0.3 is 0 Å². The van der Waals surface area contributed by atoms with Gasteiger partial charge in [-0.05, 0) is 46.1 Å². The van der Waals surface area contributed by atoms with Crippen molar-refractivity contribution in [3.8, 4) is 11.5 Å². The number of rotatable bonds is 4. The maximum absolute atomic E-state index is 12.3. The molecule has 0 aliphatic carbocycles. The van der Waals surface area contributed by atoms with Crippen LogP contribution in [-0.4, -0.2) is 28.0 Å². The predicted octanol–water partition coefficient (Wildman–Crippen LogP) is 2.58. The van der Waals surface area contributed by atoms with Crippen LogP contribution in [0.15, 0.2) is 38.3 Å². The van der Waals surface area contributed by atoms with Crippen LogP contribution in [0.4, 0.5) is 0 Å². The van der Waals surface area contributed by atoms with Gasteiger partial charge in [0.2, 0.25) is 5.91 Å². The summed E-state index contributed by atoms with van der Waals surface area (Å²) in [6.45, 7) is 0.121. The van der Waals surface area contributed by atoms with Crippen molar-refractivity contribution in [3.05, 3.63) is 39.7 Å². The van der Waals surface area contributed by atoms with Gasteiger partial charge in [0, 0.05) is 6.07 Å². The van der Waals surface area contributed by atoms with Crippen molar-refractivity contribution in [2.24, 2.45) is 5.92 Å². The Hall–Kier alpha value is -1.58. The fourth-order valence-electron chi connectivity index (χ4n) is 2.36. The highest BCUT2D eigenvalue weighted by Crippen LogP contribution is 2.31. The van der Waals surface area contributed by atoms with Gasteiger partial charge in [-0.1, -0.05) is 6.07 Å². The Bertz CT molecular complexity index is 878. The Labute approximate surface area is 152 Å². The molecule has 1 aliphatic heterocycles. The van der Waals surface area contributed by atoms with E-state index in [0.29, 0.717) is 21.7 Å². The molecule has 1 atom stereocenters. The highest BCUT2D eigenvalue weighted by atomic mass is 79.9. The van der Waals surface area contributed by atoms with E-state index >= 15 is 0 Å². The summed E-state index contributed by atoms with van der Waals surface area (Å²) in [5.41, 5.74) is 0.846. The second kappa shape index (κ2) is 6.73. The van der Waals surface area contributed by atoms with Crippen molar-refractivity contribution < 1.29 is 22.7 Å². The molecule has 0 saturated heterocycles. The van der Waals surface area contributed by atoms with E-state index < -0.39 is 21.8 Å². The number of ether oxygens (including phenoxy) is 2. The number of hydrogen-bond donors (Lipinski definition) is 1. The lowest BCUT2D eigenvalue weighted by Gasteiger charge is -2.24. The van der Waals surface area contributed by atoms with E-state index in [4.69, 9.17) is 9.47 Å². The number of benzene rings is 1. The van der Waals surface area contributed by atoms with E-state index in [9.17, 15) is 13.2 Å². The summed E-state index contributed by atoms with van der Waals surface area (Å²) in [7, 11) is -2.30. The number of methoxy groups -OCH3 is 1. The van der Waals surface area contributed by atoms with Crippen LogP contribution in [0.5, 0.6) is 11.5 Å². The minimum absolute atomic E-state index is 0.0876. The van der Waals surface area contributed by atoms with Crippen molar-refractivity contribution in [3.63, 3.8) is 0 Å². The molecule has 0 saturated carbocycles. The summed E-state index contributed by atoms with van der Waals surface area (Å²) in [6.07, 6.45) is 0.412. The second-order valence-corrected chi connectivity index (χ2v) is 9.59. The first-order valence-corrected chi connectivity index (χ1v) is 10.1. The molecule has 1 N–H and O–H groups in total. The van der Waals surface area contributed by atoms with E-state index in [2.05, 4.69) is 20.7 Å². The third-order valence-electron chi connectivity index (χ3n) is 3.60. The van der Waals surface area contributed by atoms with Crippen LogP contribution >= 0.6 is 27.3 Å². The Morgan fingerprint density at radius 2 is 2.17 bits per heavy atom. The first-order valence-electron chi connectivity index (χ1n) is 7.01. The van der Waals surface area contributed by atoms with Crippen LogP contribution in [0.25, 0.3) is 0 Å². The largest absolute Gasteiger partial charge is 0.497 e. The fourth-order valence-corrected chi connectivity index (χ4v) is 5.41. The molecular formula is C15H14BrNO5S2. The normalized spacial score (nSPS) is 16.8. The average molecular weight is 432 g/mol. The van der Waals surface area contributed by atoms with Crippen molar-refractivity contribution in [1.29, 1.82) is 0 Å². The second-order valence-electron chi connectivity index (χ2n) is 5.21. The maximum atomic E-state index is 12.3.